The lowest BCUT2D eigenvalue weighted by molar-refractivity contribution is -0.151. The molecule has 5 heteroatoms. The number of esters is 1. The van der Waals surface area contributed by atoms with Gasteiger partial charge in [-0.25, -0.2) is 0 Å². The number of benzene rings is 2. The van der Waals surface area contributed by atoms with Gasteiger partial charge in [0.05, 0.1) is 30.5 Å². The van der Waals surface area contributed by atoms with E-state index in [1.165, 1.54) is 7.11 Å². The first-order valence-corrected chi connectivity index (χ1v) is 9.04. The number of ether oxygens (including phenoxy) is 1. The van der Waals surface area contributed by atoms with Crippen LogP contribution in [0.2, 0.25) is 0 Å². The molecule has 1 atom stereocenters. The lowest BCUT2D eigenvalue weighted by Crippen LogP contribution is -2.34. The fraction of sp³-hybridized carbons (Fsp3) is 0.409. The van der Waals surface area contributed by atoms with Crippen molar-refractivity contribution in [2.45, 2.75) is 40.2 Å². The van der Waals surface area contributed by atoms with E-state index in [1.54, 1.807) is 0 Å². The summed E-state index contributed by atoms with van der Waals surface area (Å²) in [4.78, 5) is 12.6. The Morgan fingerprint density at radius 3 is 2.48 bits per heavy atom. The Bertz CT molecular complexity index is 844. The number of nitrogens with one attached hydrogen (secondary N) is 1. The molecule has 146 valence electrons. The van der Waals surface area contributed by atoms with Crippen molar-refractivity contribution in [2.24, 2.45) is 5.41 Å². The number of rotatable bonds is 6. The zero-order valence-electron chi connectivity index (χ0n) is 17.0. The van der Waals surface area contributed by atoms with Gasteiger partial charge in [-0.2, -0.15) is 0 Å². The monoisotopic (exact) mass is 370 g/mol. The Labute approximate surface area is 161 Å². The van der Waals surface area contributed by atoms with E-state index >= 15 is 0 Å². The molecular formula is C22H30N2O3. The SMILES string of the molecule is CNc1ccc(C(c2ccc(C)c(CO)c2)C(C)(C)C(=O)OC)c(C)c1N. The minimum absolute atomic E-state index is 0.0507. The summed E-state index contributed by atoms with van der Waals surface area (Å²) in [6, 6.07) is 9.88. The third kappa shape index (κ3) is 3.78. The molecule has 2 aromatic carbocycles. The standard InChI is InChI=1S/C22H30N2O3/c1-13-7-8-15(11-16(13)12-25)19(22(3,4)21(26)27-6)17-9-10-18(24-5)20(23)14(17)2/h7-11,19,24-25H,12,23H2,1-6H3. The molecule has 0 saturated carbocycles. The van der Waals surface area contributed by atoms with Crippen LogP contribution in [0.5, 0.6) is 0 Å². The second-order valence-electron chi connectivity index (χ2n) is 7.48. The minimum atomic E-state index is -0.824. The molecule has 0 aliphatic heterocycles. The molecule has 2 aromatic rings. The van der Waals surface area contributed by atoms with Crippen LogP contribution in [0.1, 0.15) is 47.6 Å². The van der Waals surface area contributed by atoms with Crippen molar-refractivity contribution in [2.75, 3.05) is 25.2 Å². The van der Waals surface area contributed by atoms with Crippen molar-refractivity contribution in [1.29, 1.82) is 0 Å². The topological polar surface area (TPSA) is 84.6 Å². The van der Waals surface area contributed by atoms with E-state index in [9.17, 15) is 9.90 Å². The van der Waals surface area contributed by atoms with Gasteiger partial charge in [-0.15, -0.1) is 0 Å². The molecule has 0 spiro atoms. The van der Waals surface area contributed by atoms with Gasteiger partial charge in [0.15, 0.2) is 0 Å². The fourth-order valence-electron chi connectivity index (χ4n) is 3.68. The number of hydrogen-bond donors (Lipinski definition) is 3. The fourth-order valence-corrected chi connectivity index (χ4v) is 3.68. The number of aryl methyl sites for hydroxylation is 1. The molecule has 0 aromatic heterocycles. The molecule has 5 nitrogen and oxygen atoms in total. The number of carbonyl (C=O) groups excluding carboxylic acids is 1. The smallest absolute Gasteiger partial charge is 0.312 e. The van der Waals surface area contributed by atoms with Crippen molar-refractivity contribution in [3.63, 3.8) is 0 Å². The van der Waals surface area contributed by atoms with Crippen LogP contribution in [-0.2, 0) is 16.1 Å². The highest BCUT2D eigenvalue weighted by Gasteiger charge is 2.41. The van der Waals surface area contributed by atoms with Crippen molar-refractivity contribution in [3.8, 4) is 0 Å². The highest BCUT2D eigenvalue weighted by molar-refractivity contribution is 5.79. The van der Waals surface area contributed by atoms with E-state index in [4.69, 9.17) is 10.5 Å². The first-order chi connectivity index (χ1) is 12.7. The van der Waals surface area contributed by atoms with E-state index < -0.39 is 5.41 Å². The van der Waals surface area contributed by atoms with Crippen molar-refractivity contribution in [1.82, 2.24) is 0 Å². The minimum Gasteiger partial charge on any atom is -0.469 e. The Balaban J connectivity index is 2.76. The zero-order valence-corrected chi connectivity index (χ0v) is 17.0. The van der Waals surface area contributed by atoms with Gasteiger partial charge in [-0.3, -0.25) is 4.79 Å². The van der Waals surface area contributed by atoms with Gasteiger partial charge in [0.1, 0.15) is 0 Å². The number of nitrogen functional groups attached to an aromatic ring is 1. The van der Waals surface area contributed by atoms with E-state index in [2.05, 4.69) is 5.32 Å². The number of aliphatic hydroxyl groups is 1. The molecular weight excluding hydrogens is 340 g/mol. The molecule has 2 rings (SSSR count). The third-order valence-corrected chi connectivity index (χ3v) is 5.45. The first-order valence-electron chi connectivity index (χ1n) is 9.04. The van der Waals surface area contributed by atoms with Crippen LogP contribution in [0.25, 0.3) is 0 Å². The molecule has 0 saturated heterocycles. The molecule has 0 amide bonds. The Morgan fingerprint density at radius 1 is 1.26 bits per heavy atom. The number of hydrogen-bond acceptors (Lipinski definition) is 5. The van der Waals surface area contributed by atoms with Gasteiger partial charge in [-0.05, 0) is 61.6 Å². The van der Waals surface area contributed by atoms with Crippen LogP contribution in [0.4, 0.5) is 11.4 Å². The van der Waals surface area contributed by atoms with Crippen LogP contribution in [0.15, 0.2) is 30.3 Å². The molecule has 4 N–H and O–H groups in total. The summed E-state index contributed by atoms with van der Waals surface area (Å²) in [5.74, 6) is -0.571. The van der Waals surface area contributed by atoms with Crippen LogP contribution < -0.4 is 11.1 Å². The van der Waals surface area contributed by atoms with Crippen LogP contribution in [0, 0.1) is 19.3 Å². The third-order valence-electron chi connectivity index (χ3n) is 5.45. The quantitative estimate of drug-likeness (QED) is 0.533. The van der Waals surface area contributed by atoms with Gasteiger partial charge in [-0.1, -0.05) is 24.3 Å². The van der Waals surface area contributed by atoms with Crippen LogP contribution in [-0.4, -0.2) is 25.2 Å². The number of anilines is 2. The summed E-state index contributed by atoms with van der Waals surface area (Å²) in [6.45, 7) is 7.63. The van der Waals surface area contributed by atoms with Crippen LogP contribution >= 0.6 is 0 Å². The maximum absolute atomic E-state index is 12.6. The van der Waals surface area contributed by atoms with Gasteiger partial charge < -0.3 is 20.9 Å². The number of carbonyl (C=O) groups is 1. The number of methoxy groups -OCH3 is 1. The molecule has 0 radical (unpaired) electrons. The van der Waals surface area contributed by atoms with Crippen LogP contribution in [0.3, 0.4) is 0 Å². The Morgan fingerprint density at radius 2 is 1.93 bits per heavy atom. The van der Waals surface area contributed by atoms with Gasteiger partial charge in [0.2, 0.25) is 0 Å². The van der Waals surface area contributed by atoms with Gasteiger partial charge in [0, 0.05) is 13.0 Å². The van der Waals surface area contributed by atoms with Crippen molar-refractivity contribution in [3.05, 3.63) is 58.1 Å². The molecule has 0 aliphatic carbocycles. The maximum atomic E-state index is 12.6. The largest absolute Gasteiger partial charge is 0.469 e. The molecule has 0 aliphatic rings. The summed E-state index contributed by atoms with van der Waals surface area (Å²) in [7, 11) is 3.23. The van der Waals surface area contributed by atoms with Crippen molar-refractivity contribution < 1.29 is 14.6 Å². The maximum Gasteiger partial charge on any atom is 0.312 e. The number of aliphatic hydroxyl groups excluding tert-OH is 1. The lowest BCUT2D eigenvalue weighted by Gasteiger charge is -2.34. The molecule has 0 bridgehead atoms. The summed E-state index contributed by atoms with van der Waals surface area (Å²) in [5.41, 5.74) is 11.7. The predicted octanol–water partition coefficient (Wildman–Crippen LogP) is 3.75. The highest BCUT2D eigenvalue weighted by Crippen LogP contribution is 2.45. The summed E-state index contributed by atoms with van der Waals surface area (Å²) < 4.78 is 5.10. The number of nitrogens with two attached hydrogens (primary N) is 1. The van der Waals surface area contributed by atoms with E-state index in [0.717, 1.165) is 33.5 Å². The Kier molecular flexibility index (Phi) is 6.16. The molecule has 27 heavy (non-hydrogen) atoms. The molecule has 0 heterocycles. The second-order valence-corrected chi connectivity index (χ2v) is 7.48. The summed E-state index contributed by atoms with van der Waals surface area (Å²) in [5, 5.41) is 12.8. The summed E-state index contributed by atoms with van der Waals surface area (Å²) in [6.07, 6.45) is 0. The average molecular weight is 370 g/mol. The summed E-state index contributed by atoms with van der Waals surface area (Å²) >= 11 is 0. The normalized spacial score (nSPS) is 12.6. The highest BCUT2D eigenvalue weighted by atomic mass is 16.5. The second kappa shape index (κ2) is 8.01. The lowest BCUT2D eigenvalue weighted by atomic mass is 9.69. The van der Waals surface area contributed by atoms with E-state index in [1.807, 2.05) is 65.1 Å². The zero-order chi connectivity index (χ0) is 20.4. The molecule has 0 fully saturated rings. The Hall–Kier alpha value is -2.53. The van der Waals surface area contributed by atoms with Crippen molar-refractivity contribution >= 4 is 17.3 Å². The van der Waals surface area contributed by atoms with Gasteiger partial charge in [0.25, 0.3) is 0 Å². The van der Waals surface area contributed by atoms with E-state index in [0.29, 0.717) is 5.69 Å². The van der Waals surface area contributed by atoms with E-state index in [-0.39, 0.29) is 18.5 Å². The molecule has 1 unspecified atom stereocenters. The average Bonchev–Trinajstić information content (AvgIpc) is 2.65. The first kappa shape index (κ1) is 20.8. The van der Waals surface area contributed by atoms with Gasteiger partial charge >= 0.3 is 5.97 Å². The predicted molar refractivity (Wildman–Crippen MR) is 110 cm³/mol.